The molecule has 0 aromatic rings. The topological polar surface area (TPSA) is 69.6 Å². The lowest BCUT2D eigenvalue weighted by molar-refractivity contribution is -0.142. The molecule has 0 aromatic heterocycles. The summed E-state index contributed by atoms with van der Waals surface area (Å²) in [6.45, 7) is 3.12. The molecule has 2 amide bonds. The summed E-state index contributed by atoms with van der Waals surface area (Å²) in [7, 11) is 0. The van der Waals surface area contributed by atoms with Crippen LogP contribution in [0.4, 0.5) is 4.79 Å². The molecule has 92 valence electrons. The number of hydrogen-bond donors (Lipinski definition) is 2. The molecule has 0 aliphatic carbocycles. The monoisotopic (exact) mass is 228 g/mol. The van der Waals surface area contributed by atoms with Gasteiger partial charge in [-0.2, -0.15) is 0 Å². The first-order valence-corrected chi connectivity index (χ1v) is 5.94. The van der Waals surface area contributed by atoms with E-state index in [0.29, 0.717) is 19.5 Å². The van der Waals surface area contributed by atoms with Crippen LogP contribution >= 0.6 is 0 Å². The number of hydrogen-bond acceptors (Lipinski definition) is 2. The molecule has 2 N–H and O–H groups in total. The van der Waals surface area contributed by atoms with E-state index in [4.69, 9.17) is 5.11 Å². The summed E-state index contributed by atoms with van der Waals surface area (Å²) in [5.41, 5.74) is 0. The maximum Gasteiger partial charge on any atom is 0.326 e. The highest BCUT2D eigenvalue weighted by atomic mass is 16.4. The Kier molecular flexibility index (Phi) is 5.08. The predicted octanol–water partition coefficient (Wildman–Crippen LogP) is 1.44. The molecular formula is C11H20N2O3. The standard InChI is InChI=1S/C11H20N2O3/c1-2-7-12-11(16)13-8-5-3-4-6-9(13)10(14)15/h9H,2-8H2,1H3,(H,12,16)(H,14,15). The summed E-state index contributed by atoms with van der Waals surface area (Å²) in [6, 6.07) is -0.893. The number of carbonyl (C=O) groups excluding carboxylic acids is 1. The number of carbonyl (C=O) groups is 2. The SMILES string of the molecule is CCCNC(=O)N1CCCCCC1C(=O)O. The molecule has 0 saturated carbocycles. The Bertz CT molecular complexity index is 256. The molecule has 1 fully saturated rings. The Morgan fingerprint density at radius 3 is 2.75 bits per heavy atom. The summed E-state index contributed by atoms with van der Waals surface area (Å²) in [5, 5.41) is 11.8. The first kappa shape index (κ1) is 12.8. The van der Waals surface area contributed by atoms with E-state index in [-0.39, 0.29) is 6.03 Å². The van der Waals surface area contributed by atoms with Crippen molar-refractivity contribution in [1.29, 1.82) is 0 Å². The van der Waals surface area contributed by atoms with Crippen LogP contribution in [-0.4, -0.2) is 41.1 Å². The Hall–Kier alpha value is -1.26. The number of amides is 2. The molecule has 1 rings (SSSR count). The smallest absolute Gasteiger partial charge is 0.326 e. The zero-order valence-electron chi connectivity index (χ0n) is 9.74. The number of likely N-dealkylation sites (tertiary alicyclic amines) is 1. The van der Waals surface area contributed by atoms with Gasteiger partial charge in [0.2, 0.25) is 0 Å². The van der Waals surface area contributed by atoms with E-state index in [0.717, 1.165) is 25.7 Å². The number of carboxylic acids is 1. The normalized spacial score (nSPS) is 21.3. The Balaban J connectivity index is 2.63. The van der Waals surface area contributed by atoms with Crippen molar-refractivity contribution in [2.45, 2.75) is 45.1 Å². The van der Waals surface area contributed by atoms with Crippen molar-refractivity contribution in [2.75, 3.05) is 13.1 Å². The lowest BCUT2D eigenvalue weighted by Crippen LogP contribution is -2.49. The van der Waals surface area contributed by atoms with Gasteiger partial charge in [0.15, 0.2) is 0 Å². The molecule has 1 aliphatic heterocycles. The van der Waals surface area contributed by atoms with Gasteiger partial charge in [0.05, 0.1) is 0 Å². The van der Waals surface area contributed by atoms with E-state index in [2.05, 4.69) is 5.32 Å². The number of nitrogens with zero attached hydrogens (tertiary/aromatic N) is 1. The van der Waals surface area contributed by atoms with Crippen LogP contribution in [0.15, 0.2) is 0 Å². The first-order chi connectivity index (χ1) is 7.66. The number of aliphatic carboxylic acids is 1. The van der Waals surface area contributed by atoms with Gasteiger partial charge in [0.25, 0.3) is 0 Å². The van der Waals surface area contributed by atoms with E-state index in [9.17, 15) is 9.59 Å². The van der Waals surface area contributed by atoms with Gasteiger partial charge in [-0.15, -0.1) is 0 Å². The number of urea groups is 1. The molecule has 16 heavy (non-hydrogen) atoms. The van der Waals surface area contributed by atoms with Crippen molar-refractivity contribution >= 4 is 12.0 Å². The van der Waals surface area contributed by atoms with Gasteiger partial charge in [0.1, 0.15) is 6.04 Å². The number of rotatable bonds is 3. The van der Waals surface area contributed by atoms with E-state index in [1.54, 1.807) is 0 Å². The van der Waals surface area contributed by atoms with Crippen LogP contribution in [-0.2, 0) is 4.79 Å². The third-order valence-corrected chi connectivity index (χ3v) is 2.82. The maximum atomic E-state index is 11.8. The molecule has 1 aliphatic rings. The Morgan fingerprint density at radius 1 is 1.38 bits per heavy atom. The second-order valence-electron chi connectivity index (χ2n) is 4.13. The fourth-order valence-electron chi connectivity index (χ4n) is 1.94. The Morgan fingerprint density at radius 2 is 2.12 bits per heavy atom. The minimum atomic E-state index is -0.895. The fourth-order valence-corrected chi connectivity index (χ4v) is 1.94. The molecule has 1 heterocycles. The molecule has 0 bridgehead atoms. The van der Waals surface area contributed by atoms with Crippen molar-refractivity contribution in [2.24, 2.45) is 0 Å². The molecule has 5 nitrogen and oxygen atoms in total. The quantitative estimate of drug-likeness (QED) is 0.767. The average Bonchev–Trinajstić information content (AvgIpc) is 2.50. The van der Waals surface area contributed by atoms with Gasteiger partial charge in [-0.1, -0.05) is 19.8 Å². The molecule has 5 heteroatoms. The van der Waals surface area contributed by atoms with E-state index >= 15 is 0 Å². The second kappa shape index (κ2) is 6.35. The molecule has 0 spiro atoms. The summed E-state index contributed by atoms with van der Waals surface area (Å²) in [5.74, 6) is -0.895. The van der Waals surface area contributed by atoms with E-state index in [1.807, 2.05) is 6.92 Å². The van der Waals surface area contributed by atoms with Crippen LogP contribution in [0.25, 0.3) is 0 Å². The summed E-state index contributed by atoms with van der Waals surface area (Å²) in [4.78, 5) is 24.3. The highest BCUT2D eigenvalue weighted by Gasteiger charge is 2.30. The van der Waals surface area contributed by atoms with Crippen molar-refractivity contribution in [3.63, 3.8) is 0 Å². The van der Waals surface area contributed by atoms with Crippen molar-refractivity contribution in [3.05, 3.63) is 0 Å². The lowest BCUT2D eigenvalue weighted by Gasteiger charge is -2.26. The summed E-state index contributed by atoms with van der Waals surface area (Å²) in [6.07, 6.45) is 4.20. The molecule has 0 radical (unpaired) electrons. The average molecular weight is 228 g/mol. The van der Waals surface area contributed by atoms with Crippen LogP contribution in [0, 0.1) is 0 Å². The highest BCUT2D eigenvalue weighted by Crippen LogP contribution is 2.17. The van der Waals surface area contributed by atoms with Crippen LogP contribution in [0.5, 0.6) is 0 Å². The predicted molar refractivity (Wildman–Crippen MR) is 60.3 cm³/mol. The van der Waals surface area contributed by atoms with Crippen molar-refractivity contribution in [1.82, 2.24) is 10.2 Å². The number of carboxylic acid groups (broad SMARTS) is 1. The van der Waals surface area contributed by atoms with Gasteiger partial charge < -0.3 is 15.3 Å². The molecule has 1 atom stereocenters. The fraction of sp³-hybridized carbons (Fsp3) is 0.818. The van der Waals surface area contributed by atoms with Crippen molar-refractivity contribution < 1.29 is 14.7 Å². The third-order valence-electron chi connectivity index (χ3n) is 2.82. The third kappa shape index (κ3) is 3.40. The second-order valence-corrected chi connectivity index (χ2v) is 4.13. The molecular weight excluding hydrogens is 208 g/mol. The summed E-state index contributed by atoms with van der Waals surface area (Å²) >= 11 is 0. The summed E-state index contributed by atoms with van der Waals surface area (Å²) < 4.78 is 0. The zero-order chi connectivity index (χ0) is 12.0. The van der Waals surface area contributed by atoms with Crippen molar-refractivity contribution in [3.8, 4) is 0 Å². The zero-order valence-corrected chi connectivity index (χ0v) is 9.74. The highest BCUT2D eigenvalue weighted by molar-refractivity contribution is 5.82. The molecule has 0 aromatic carbocycles. The van der Waals surface area contributed by atoms with E-state index < -0.39 is 12.0 Å². The lowest BCUT2D eigenvalue weighted by atomic mass is 10.1. The van der Waals surface area contributed by atoms with Gasteiger partial charge in [-0.25, -0.2) is 9.59 Å². The van der Waals surface area contributed by atoms with Crippen LogP contribution in [0.1, 0.15) is 39.0 Å². The van der Waals surface area contributed by atoms with Crippen LogP contribution in [0.3, 0.4) is 0 Å². The largest absolute Gasteiger partial charge is 0.480 e. The van der Waals surface area contributed by atoms with Crippen LogP contribution < -0.4 is 5.32 Å². The van der Waals surface area contributed by atoms with E-state index in [1.165, 1.54) is 4.90 Å². The van der Waals surface area contributed by atoms with Gasteiger partial charge in [-0.3, -0.25) is 0 Å². The van der Waals surface area contributed by atoms with Gasteiger partial charge >= 0.3 is 12.0 Å². The molecule has 1 unspecified atom stereocenters. The Labute approximate surface area is 95.8 Å². The van der Waals surface area contributed by atoms with Gasteiger partial charge in [0, 0.05) is 13.1 Å². The number of nitrogens with one attached hydrogen (secondary N) is 1. The first-order valence-electron chi connectivity index (χ1n) is 5.94. The van der Waals surface area contributed by atoms with Gasteiger partial charge in [-0.05, 0) is 19.3 Å². The maximum absolute atomic E-state index is 11.8. The van der Waals surface area contributed by atoms with Crippen LogP contribution in [0.2, 0.25) is 0 Å². The molecule has 1 saturated heterocycles. The minimum Gasteiger partial charge on any atom is -0.480 e. The minimum absolute atomic E-state index is 0.240.